The third kappa shape index (κ3) is 5.96. The number of carbonyl (C=O) groups excluding carboxylic acids is 1. The van der Waals surface area contributed by atoms with E-state index in [9.17, 15) is 10.1 Å². The zero-order valence-corrected chi connectivity index (χ0v) is 24.1. The molecule has 0 aromatic heterocycles. The van der Waals surface area contributed by atoms with Gasteiger partial charge in [0.15, 0.2) is 11.5 Å². The van der Waals surface area contributed by atoms with E-state index in [-0.39, 0.29) is 18.3 Å². The quantitative estimate of drug-likeness (QED) is 0.192. The topological polar surface area (TPSA) is 75.0 Å². The minimum absolute atomic E-state index is 0.133. The first-order chi connectivity index (χ1) is 18.0. The van der Waals surface area contributed by atoms with Gasteiger partial charge in [-0.05, 0) is 98.8 Å². The van der Waals surface area contributed by atoms with Crippen LogP contribution in [0.25, 0.3) is 6.08 Å². The highest BCUT2D eigenvalue weighted by Gasteiger charge is 2.24. The summed E-state index contributed by atoms with van der Waals surface area (Å²) in [6.07, 6.45) is 1.66. The average molecular weight is 719 g/mol. The molecule has 2 aliphatic heterocycles. The maximum atomic E-state index is 13.1. The van der Waals surface area contributed by atoms with Crippen molar-refractivity contribution in [3.05, 3.63) is 84.5 Å². The summed E-state index contributed by atoms with van der Waals surface area (Å²) < 4.78 is 18.7. The predicted octanol–water partition coefficient (Wildman–Crippen LogP) is 5.46. The van der Waals surface area contributed by atoms with E-state index in [1.807, 2.05) is 48.5 Å². The van der Waals surface area contributed by atoms with Crippen LogP contribution in [0.15, 0.2) is 66.2 Å². The fraction of sp³-hybridized carbons (Fsp3) is 0.214. The minimum atomic E-state index is -0.233. The van der Waals surface area contributed by atoms with Crippen LogP contribution < -0.4 is 19.1 Å². The van der Waals surface area contributed by atoms with Crippen molar-refractivity contribution < 1.29 is 19.0 Å². The van der Waals surface area contributed by atoms with Gasteiger partial charge in [-0.2, -0.15) is 5.26 Å². The number of carbonyl (C=O) groups is 1. The summed E-state index contributed by atoms with van der Waals surface area (Å²) in [6.45, 7) is 3.25. The SMILES string of the molecule is N#C/C(=C/c1cc(I)c(OCc2ccc3c(c2)OCO3)c(I)c1)C(=O)N1CCN(c2ccccc2)CC1. The van der Waals surface area contributed by atoms with E-state index in [1.165, 1.54) is 0 Å². The van der Waals surface area contributed by atoms with Crippen LogP contribution in [0.3, 0.4) is 0 Å². The normalized spacial score (nSPS) is 14.9. The van der Waals surface area contributed by atoms with E-state index in [0.29, 0.717) is 19.7 Å². The first-order valence-corrected chi connectivity index (χ1v) is 13.9. The lowest BCUT2D eigenvalue weighted by atomic mass is 10.1. The molecule has 188 valence electrons. The number of fused-ring (bicyclic) bond motifs is 1. The molecule has 0 saturated carbocycles. The number of amides is 1. The van der Waals surface area contributed by atoms with E-state index < -0.39 is 0 Å². The molecule has 1 saturated heterocycles. The number of ether oxygens (including phenoxy) is 3. The molecule has 0 unspecified atom stereocenters. The highest BCUT2D eigenvalue weighted by Crippen LogP contribution is 2.34. The predicted molar refractivity (Wildman–Crippen MR) is 158 cm³/mol. The molecular formula is C28H23I2N3O4. The first kappa shape index (κ1) is 25.7. The van der Waals surface area contributed by atoms with E-state index in [0.717, 1.165) is 54.3 Å². The van der Waals surface area contributed by atoms with Crippen LogP contribution in [0, 0.1) is 18.5 Å². The molecule has 2 heterocycles. The Labute approximate surface area is 242 Å². The molecule has 0 spiro atoms. The Balaban J connectivity index is 1.24. The van der Waals surface area contributed by atoms with Gasteiger partial charge in [0.25, 0.3) is 5.91 Å². The lowest BCUT2D eigenvalue weighted by Gasteiger charge is -2.36. The number of anilines is 1. The minimum Gasteiger partial charge on any atom is -0.487 e. The molecule has 3 aromatic rings. The van der Waals surface area contributed by atoms with Crippen molar-refractivity contribution in [1.29, 1.82) is 5.26 Å². The van der Waals surface area contributed by atoms with Crippen LogP contribution >= 0.6 is 45.2 Å². The van der Waals surface area contributed by atoms with Gasteiger partial charge < -0.3 is 24.0 Å². The van der Waals surface area contributed by atoms with Crippen molar-refractivity contribution in [2.24, 2.45) is 0 Å². The summed E-state index contributed by atoms with van der Waals surface area (Å²) in [7, 11) is 0. The third-order valence-electron chi connectivity index (χ3n) is 6.19. The van der Waals surface area contributed by atoms with Crippen LogP contribution in [-0.4, -0.2) is 43.8 Å². The summed E-state index contributed by atoms with van der Waals surface area (Å²) in [5, 5.41) is 9.76. The summed E-state index contributed by atoms with van der Waals surface area (Å²) >= 11 is 4.45. The molecule has 1 fully saturated rings. The Bertz CT molecular complexity index is 1360. The Kier molecular flexibility index (Phi) is 8.05. The monoisotopic (exact) mass is 719 g/mol. The zero-order chi connectivity index (χ0) is 25.8. The second-order valence-electron chi connectivity index (χ2n) is 8.57. The van der Waals surface area contributed by atoms with Gasteiger partial charge in [0.1, 0.15) is 24.0 Å². The Hall–Kier alpha value is -2.98. The van der Waals surface area contributed by atoms with Crippen molar-refractivity contribution in [2.75, 3.05) is 37.9 Å². The Morgan fingerprint density at radius 3 is 2.38 bits per heavy atom. The summed E-state index contributed by atoms with van der Waals surface area (Å²) in [5.74, 6) is 1.99. The molecule has 0 aliphatic carbocycles. The fourth-order valence-electron chi connectivity index (χ4n) is 4.27. The van der Waals surface area contributed by atoms with Crippen LogP contribution in [0.5, 0.6) is 17.2 Å². The van der Waals surface area contributed by atoms with Crippen LogP contribution in [0.1, 0.15) is 11.1 Å². The molecular weight excluding hydrogens is 696 g/mol. The molecule has 37 heavy (non-hydrogen) atoms. The maximum absolute atomic E-state index is 13.1. The van der Waals surface area contributed by atoms with Gasteiger partial charge in [-0.25, -0.2) is 0 Å². The van der Waals surface area contributed by atoms with Crippen molar-refractivity contribution >= 4 is 62.9 Å². The van der Waals surface area contributed by atoms with Gasteiger partial charge in [0.05, 0.1) is 7.14 Å². The van der Waals surface area contributed by atoms with Crippen molar-refractivity contribution in [3.63, 3.8) is 0 Å². The molecule has 1 amide bonds. The molecule has 0 atom stereocenters. The third-order valence-corrected chi connectivity index (χ3v) is 7.79. The smallest absolute Gasteiger partial charge is 0.264 e. The molecule has 9 heteroatoms. The van der Waals surface area contributed by atoms with Gasteiger partial charge in [0.2, 0.25) is 6.79 Å². The summed E-state index contributed by atoms with van der Waals surface area (Å²) in [6, 6.07) is 21.9. The molecule has 5 rings (SSSR count). The second kappa shape index (κ2) is 11.6. The fourth-order valence-corrected chi connectivity index (χ4v) is 6.40. The van der Waals surface area contributed by atoms with Gasteiger partial charge >= 0.3 is 0 Å². The number of para-hydroxylation sites is 1. The Morgan fingerprint density at radius 1 is 0.973 bits per heavy atom. The van der Waals surface area contributed by atoms with E-state index in [2.05, 4.69) is 68.3 Å². The molecule has 0 N–H and O–H groups in total. The average Bonchev–Trinajstić information content (AvgIpc) is 3.39. The lowest BCUT2D eigenvalue weighted by molar-refractivity contribution is -0.126. The van der Waals surface area contributed by atoms with Gasteiger partial charge in [-0.1, -0.05) is 24.3 Å². The van der Waals surface area contributed by atoms with Gasteiger partial charge in [-0.3, -0.25) is 4.79 Å². The van der Waals surface area contributed by atoms with E-state index in [4.69, 9.17) is 14.2 Å². The first-order valence-electron chi connectivity index (χ1n) is 11.7. The number of nitrogens with zero attached hydrogens (tertiary/aromatic N) is 3. The van der Waals surface area contributed by atoms with Gasteiger partial charge in [-0.15, -0.1) is 0 Å². The van der Waals surface area contributed by atoms with Crippen LogP contribution in [0.4, 0.5) is 5.69 Å². The molecule has 0 bridgehead atoms. The number of hydrogen-bond donors (Lipinski definition) is 0. The number of rotatable bonds is 6. The van der Waals surface area contributed by atoms with Crippen molar-refractivity contribution in [1.82, 2.24) is 4.90 Å². The lowest BCUT2D eigenvalue weighted by Crippen LogP contribution is -2.49. The van der Waals surface area contributed by atoms with E-state index >= 15 is 0 Å². The van der Waals surface area contributed by atoms with E-state index in [1.54, 1.807) is 11.0 Å². The summed E-state index contributed by atoms with van der Waals surface area (Å²) in [5.41, 5.74) is 3.05. The van der Waals surface area contributed by atoms with Crippen molar-refractivity contribution in [3.8, 4) is 23.3 Å². The molecule has 0 radical (unpaired) electrons. The summed E-state index contributed by atoms with van der Waals surface area (Å²) in [4.78, 5) is 17.1. The number of halogens is 2. The standard InChI is InChI=1S/C28H23I2N3O4/c29-23-13-20(14-24(30)27(23)35-17-19-6-7-25-26(15-19)37-18-36-25)12-21(16-31)28(34)33-10-8-32(9-11-33)22-4-2-1-3-5-22/h1-7,12-15H,8-11,17-18H2/b21-12-. The number of benzene rings is 3. The number of hydrogen-bond acceptors (Lipinski definition) is 6. The van der Waals surface area contributed by atoms with Gasteiger partial charge in [0, 0.05) is 31.9 Å². The molecule has 3 aromatic carbocycles. The largest absolute Gasteiger partial charge is 0.487 e. The maximum Gasteiger partial charge on any atom is 0.264 e. The zero-order valence-electron chi connectivity index (χ0n) is 19.8. The highest BCUT2D eigenvalue weighted by molar-refractivity contribution is 14.1. The second-order valence-corrected chi connectivity index (χ2v) is 10.9. The van der Waals surface area contributed by atoms with Crippen LogP contribution in [0.2, 0.25) is 0 Å². The molecule has 7 nitrogen and oxygen atoms in total. The Morgan fingerprint density at radius 2 is 1.68 bits per heavy atom. The number of nitriles is 1. The number of piperazine rings is 1. The van der Waals surface area contributed by atoms with Crippen LogP contribution in [-0.2, 0) is 11.4 Å². The highest BCUT2D eigenvalue weighted by atomic mass is 127. The van der Waals surface area contributed by atoms with Crippen molar-refractivity contribution in [2.45, 2.75) is 6.61 Å². The molecule has 2 aliphatic rings.